The van der Waals surface area contributed by atoms with E-state index in [0.29, 0.717) is 0 Å². The molecule has 0 aromatic heterocycles. The lowest BCUT2D eigenvalue weighted by Gasteiger charge is -2.44. The molecule has 1 aliphatic rings. The van der Waals surface area contributed by atoms with Crippen molar-refractivity contribution in [3.63, 3.8) is 0 Å². The van der Waals surface area contributed by atoms with Crippen LogP contribution in [0.25, 0.3) is 0 Å². The third kappa shape index (κ3) is 4.97. The molecule has 0 amide bonds. The first-order valence-corrected chi connectivity index (χ1v) is 7.28. The molecule has 17 heavy (non-hydrogen) atoms. The highest BCUT2D eigenvalue weighted by molar-refractivity contribution is 4.90. The van der Waals surface area contributed by atoms with Gasteiger partial charge in [0.2, 0.25) is 0 Å². The minimum Gasteiger partial charge on any atom is -0.312 e. The summed E-state index contributed by atoms with van der Waals surface area (Å²) in [6.45, 7) is 13.8. The van der Waals surface area contributed by atoms with Crippen molar-refractivity contribution >= 4 is 0 Å². The first kappa shape index (κ1) is 15.0. The summed E-state index contributed by atoms with van der Waals surface area (Å²) in [5.41, 5.74) is 0.259. The maximum absolute atomic E-state index is 3.65. The zero-order chi connectivity index (χ0) is 13.1. The van der Waals surface area contributed by atoms with Crippen molar-refractivity contribution in [2.75, 3.05) is 20.1 Å². The maximum atomic E-state index is 3.65. The fraction of sp³-hybridized carbons (Fsp3) is 1.00. The monoisotopic (exact) mass is 240 g/mol. The van der Waals surface area contributed by atoms with Gasteiger partial charge in [-0.2, -0.15) is 0 Å². The molecule has 3 atom stereocenters. The molecule has 1 N–H and O–H groups in total. The lowest BCUT2D eigenvalue weighted by atomic mass is 9.78. The molecule has 0 spiro atoms. The van der Waals surface area contributed by atoms with Gasteiger partial charge in [0.1, 0.15) is 0 Å². The molecular weight excluding hydrogens is 208 g/mol. The van der Waals surface area contributed by atoms with Crippen LogP contribution in [0.15, 0.2) is 0 Å². The van der Waals surface area contributed by atoms with Crippen molar-refractivity contribution in [2.24, 2.45) is 11.8 Å². The van der Waals surface area contributed by atoms with Crippen LogP contribution in [0.5, 0.6) is 0 Å². The van der Waals surface area contributed by atoms with Gasteiger partial charge in [-0.05, 0) is 59.0 Å². The Hall–Kier alpha value is -0.0800. The second-order valence-corrected chi connectivity index (χ2v) is 6.99. The van der Waals surface area contributed by atoms with E-state index in [4.69, 9.17) is 0 Å². The van der Waals surface area contributed by atoms with Gasteiger partial charge in [-0.15, -0.1) is 0 Å². The lowest BCUT2D eigenvalue weighted by molar-refractivity contribution is 0.0685. The molecule has 0 bridgehead atoms. The summed E-state index contributed by atoms with van der Waals surface area (Å²) in [6, 6.07) is 0.818. The highest BCUT2D eigenvalue weighted by Gasteiger charge is 2.34. The molecule has 0 radical (unpaired) electrons. The Morgan fingerprint density at radius 1 is 1.29 bits per heavy atom. The van der Waals surface area contributed by atoms with Crippen molar-refractivity contribution in [2.45, 2.75) is 65.5 Å². The van der Waals surface area contributed by atoms with Crippen LogP contribution in [0.2, 0.25) is 0 Å². The summed E-state index contributed by atoms with van der Waals surface area (Å²) in [4.78, 5) is 2.59. The highest BCUT2D eigenvalue weighted by atomic mass is 15.1. The van der Waals surface area contributed by atoms with Crippen molar-refractivity contribution < 1.29 is 0 Å². The Kier molecular flexibility index (Phi) is 5.46. The molecule has 102 valence electrons. The third-order valence-corrected chi connectivity index (χ3v) is 4.13. The molecule has 1 rings (SSSR count). The van der Waals surface area contributed by atoms with E-state index >= 15 is 0 Å². The quantitative estimate of drug-likeness (QED) is 0.767. The molecule has 0 heterocycles. The van der Waals surface area contributed by atoms with Crippen molar-refractivity contribution in [1.29, 1.82) is 0 Å². The van der Waals surface area contributed by atoms with Gasteiger partial charge in [0.05, 0.1) is 0 Å². The Morgan fingerprint density at radius 3 is 2.35 bits per heavy atom. The lowest BCUT2D eigenvalue weighted by Crippen LogP contribution is -2.52. The van der Waals surface area contributed by atoms with Gasteiger partial charge in [0.15, 0.2) is 0 Å². The predicted molar refractivity (Wildman–Crippen MR) is 76.4 cm³/mol. The summed E-state index contributed by atoms with van der Waals surface area (Å²) in [6.07, 6.45) is 4.09. The van der Waals surface area contributed by atoms with Crippen LogP contribution in [0.1, 0.15) is 53.9 Å². The molecule has 1 saturated carbocycles. The minimum absolute atomic E-state index is 0.259. The van der Waals surface area contributed by atoms with Crippen molar-refractivity contribution in [1.82, 2.24) is 10.2 Å². The first-order chi connectivity index (χ1) is 7.83. The van der Waals surface area contributed by atoms with Gasteiger partial charge in [-0.25, -0.2) is 0 Å². The van der Waals surface area contributed by atoms with E-state index in [1.165, 1.54) is 32.4 Å². The largest absolute Gasteiger partial charge is 0.312 e. The van der Waals surface area contributed by atoms with Crippen LogP contribution >= 0.6 is 0 Å². The van der Waals surface area contributed by atoms with Crippen LogP contribution in [0.3, 0.4) is 0 Å². The number of hydrogen-bond donors (Lipinski definition) is 1. The maximum Gasteiger partial charge on any atom is 0.0133 e. The SMILES string of the molecule is CCC(C)CN(C)C1CCC1CNC(C)(C)C. The topological polar surface area (TPSA) is 15.3 Å². The molecule has 0 aromatic carbocycles. The number of rotatable bonds is 6. The molecule has 0 saturated heterocycles. The summed E-state index contributed by atoms with van der Waals surface area (Å²) in [5, 5.41) is 3.65. The van der Waals surface area contributed by atoms with Crippen molar-refractivity contribution in [3.8, 4) is 0 Å². The van der Waals surface area contributed by atoms with E-state index in [9.17, 15) is 0 Å². The van der Waals surface area contributed by atoms with E-state index in [2.05, 4.69) is 51.9 Å². The Bertz CT molecular complexity index is 219. The number of nitrogens with one attached hydrogen (secondary N) is 1. The molecule has 1 fully saturated rings. The van der Waals surface area contributed by atoms with E-state index in [1.54, 1.807) is 0 Å². The molecule has 0 aromatic rings. The normalized spacial score (nSPS) is 27.0. The number of nitrogens with zero attached hydrogens (tertiary/aromatic N) is 1. The fourth-order valence-electron chi connectivity index (χ4n) is 2.56. The van der Waals surface area contributed by atoms with E-state index in [0.717, 1.165) is 17.9 Å². The second-order valence-electron chi connectivity index (χ2n) is 6.99. The first-order valence-electron chi connectivity index (χ1n) is 7.28. The number of hydrogen-bond acceptors (Lipinski definition) is 2. The molecule has 1 aliphatic carbocycles. The van der Waals surface area contributed by atoms with Gasteiger partial charge in [-0.3, -0.25) is 0 Å². The molecular formula is C15H32N2. The summed E-state index contributed by atoms with van der Waals surface area (Å²) >= 11 is 0. The Balaban J connectivity index is 2.30. The molecule has 2 heteroatoms. The van der Waals surface area contributed by atoms with Crippen LogP contribution < -0.4 is 5.32 Å². The second kappa shape index (κ2) is 6.19. The zero-order valence-corrected chi connectivity index (χ0v) is 12.7. The van der Waals surface area contributed by atoms with E-state index in [-0.39, 0.29) is 5.54 Å². The molecule has 0 aliphatic heterocycles. The van der Waals surface area contributed by atoms with Crippen LogP contribution in [0, 0.1) is 11.8 Å². The summed E-state index contributed by atoms with van der Waals surface area (Å²) in [7, 11) is 2.31. The Labute approximate surface area is 108 Å². The average molecular weight is 240 g/mol. The fourth-order valence-corrected chi connectivity index (χ4v) is 2.56. The van der Waals surface area contributed by atoms with E-state index in [1.807, 2.05) is 0 Å². The van der Waals surface area contributed by atoms with Gasteiger partial charge >= 0.3 is 0 Å². The van der Waals surface area contributed by atoms with Gasteiger partial charge in [-0.1, -0.05) is 20.3 Å². The summed E-state index contributed by atoms with van der Waals surface area (Å²) in [5.74, 6) is 1.69. The molecule has 2 nitrogen and oxygen atoms in total. The average Bonchev–Trinajstić information content (AvgIpc) is 2.13. The van der Waals surface area contributed by atoms with Gasteiger partial charge < -0.3 is 10.2 Å². The predicted octanol–water partition coefficient (Wildman–Crippen LogP) is 3.13. The minimum atomic E-state index is 0.259. The highest BCUT2D eigenvalue weighted by Crippen LogP contribution is 2.31. The smallest absolute Gasteiger partial charge is 0.0133 e. The molecule has 3 unspecified atom stereocenters. The van der Waals surface area contributed by atoms with Crippen LogP contribution in [0.4, 0.5) is 0 Å². The van der Waals surface area contributed by atoms with Crippen molar-refractivity contribution in [3.05, 3.63) is 0 Å². The van der Waals surface area contributed by atoms with Crippen LogP contribution in [-0.4, -0.2) is 36.6 Å². The summed E-state index contributed by atoms with van der Waals surface area (Å²) < 4.78 is 0. The van der Waals surface area contributed by atoms with Crippen LogP contribution in [-0.2, 0) is 0 Å². The zero-order valence-electron chi connectivity index (χ0n) is 12.7. The van der Waals surface area contributed by atoms with E-state index < -0.39 is 0 Å². The standard InChI is InChI=1S/C15H32N2/c1-7-12(2)11-17(6)14-9-8-13(14)10-16-15(3,4)5/h12-14,16H,7-11H2,1-6H3. The van der Waals surface area contributed by atoms with Gasteiger partial charge in [0, 0.05) is 18.1 Å². The van der Waals surface area contributed by atoms with Gasteiger partial charge in [0.25, 0.3) is 0 Å². The Morgan fingerprint density at radius 2 is 1.94 bits per heavy atom. The third-order valence-electron chi connectivity index (χ3n) is 4.13.